The predicted molar refractivity (Wildman–Crippen MR) is 121 cm³/mol. The number of anilines is 2. The summed E-state index contributed by atoms with van der Waals surface area (Å²) in [4.78, 5) is 6.33. The molecule has 8 heteroatoms. The highest BCUT2D eigenvalue weighted by molar-refractivity contribution is 14.1. The molecule has 0 spiro atoms. The number of hydrogen-bond acceptors (Lipinski definition) is 3. The summed E-state index contributed by atoms with van der Waals surface area (Å²) < 4.78 is 4.06. The lowest BCUT2D eigenvalue weighted by molar-refractivity contribution is 0.0727. The summed E-state index contributed by atoms with van der Waals surface area (Å²) >= 11 is 18.1. The minimum atomic E-state index is -0.826. The van der Waals surface area contributed by atoms with Crippen LogP contribution in [0.2, 0.25) is 10.0 Å². The van der Waals surface area contributed by atoms with Crippen molar-refractivity contribution in [1.29, 1.82) is 0 Å². The van der Waals surface area contributed by atoms with Crippen LogP contribution in [0.15, 0.2) is 53.1 Å². The first-order chi connectivity index (χ1) is 12.8. The molecule has 0 bridgehead atoms. The molecule has 0 saturated carbocycles. The standard InChI is InChI=1S/C19H15BrCl2IN3O/c1-19(9-11-2-4-12(20)5-3-11)17(27)25(18-24-10-16(23)26(18)19)15-7-13(21)6-14(22)8-15/h2-8,10,17,27H,9H2,1H3/t17?,19-/m1/s1. The number of rotatable bonds is 3. The van der Waals surface area contributed by atoms with Gasteiger partial charge >= 0.3 is 0 Å². The van der Waals surface area contributed by atoms with Crippen molar-refractivity contribution < 1.29 is 5.11 Å². The molecule has 1 N–H and O–H groups in total. The van der Waals surface area contributed by atoms with Gasteiger partial charge in [0, 0.05) is 26.6 Å². The van der Waals surface area contributed by atoms with Crippen LogP contribution < -0.4 is 4.90 Å². The Morgan fingerprint density at radius 2 is 1.81 bits per heavy atom. The van der Waals surface area contributed by atoms with Gasteiger partial charge in [0.2, 0.25) is 5.95 Å². The summed E-state index contributed by atoms with van der Waals surface area (Å²) in [5, 5.41) is 12.4. The molecule has 4 rings (SSSR count). The molecule has 4 nitrogen and oxygen atoms in total. The van der Waals surface area contributed by atoms with Crippen molar-refractivity contribution in [2.75, 3.05) is 4.90 Å². The fourth-order valence-electron chi connectivity index (χ4n) is 3.59. The van der Waals surface area contributed by atoms with E-state index in [1.165, 1.54) is 0 Å². The van der Waals surface area contributed by atoms with E-state index in [1.54, 1.807) is 29.3 Å². The van der Waals surface area contributed by atoms with E-state index in [2.05, 4.69) is 60.2 Å². The van der Waals surface area contributed by atoms with E-state index >= 15 is 0 Å². The average Bonchev–Trinajstić information content (AvgIpc) is 3.07. The number of halogens is 4. The van der Waals surface area contributed by atoms with Crippen LogP contribution in [-0.4, -0.2) is 20.9 Å². The van der Waals surface area contributed by atoms with Gasteiger partial charge in [0.25, 0.3) is 0 Å². The molecule has 0 saturated heterocycles. The van der Waals surface area contributed by atoms with Crippen molar-refractivity contribution in [2.45, 2.75) is 25.1 Å². The van der Waals surface area contributed by atoms with Gasteiger partial charge in [-0.15, -0.1) is 0 Å². The lowest BCUT2D eigenvalue weighted by Crippen LogP contribution is -2.45. The zero-order valence-electron chi connectivity index (χ0n) is 14.2. The van der Waals surface area contributed by atoms with Gasteiger partial charge in [0.15, 0.2) is 6.23 Å². The summed E-state index contributed by atoms with van der Waals surface area (Å²) in [5.74, 6) is 0.671. The smallest absolute Gasteiger partial charge is 0.213 e. The third-order valence-corrected chi connectivity index (χ3v) is 6.55. The molecule has 3 aromatic rings. The second-order valence-corrected chi connectivity index (χ2v) is 9.64. The number of benzene rings is 2. The Kier molecular flexibility index (Phi) is 5.22. The molecule has 27 heavy (non-hydrogen) atoms. The Hall–Kier alpha value is -0.800. The van der Waals surface area contributed by atoms with E-state index in [-0.39, 0.29) is 0 Å². The number of aliphatic hydroxyl groups excluding tert-OH is 1. The summed E-state index contributed by atoms with van der Waals surface area (Å²) in [6.45, 7) is 2.04. The fraction of sp³-hybridized carbons (Fsp3) is 0.211. The molecule has 1 aliphatic rings. The molecule has 2 heterocycles. The van der Waals surface area contributed by atoms with Crippen molar-refractivity contribution in [2.24, 2.45) is 0 Å². The van der Waals surface area contributed by atoms with Crippen LogP contribution in [0.4, 0.5) is 11.6 Å². The van der Waals surface area contributed by atoms with Crippen LogP contribution in [0.1, 0.15) is 12.5 Å². The molecule has 0 amide bonds. The Bertz CT molecular complexity index is 990. The molecule has 1 aliphatic heterocycles. The Labute approximate surface area is 189 Å². The Morgan fingerprint density at radius 3 is 2.44 bits per heavy atom. The van der Waals surface area contributed by atoms with Gasteiger partial charge < -0.3 is 5.11 Å². The second-order valence-electron chi connectivity index (χ2n) is 6.75. The van der Waals surface area contributed by atoms with Crippen LogP contribution in [0.5, 0.6) is 0 Å². The van der Waals surface area contributed by atoms with E-state index in [4.69, 9.17) is 23.2 Å². The SMILES string of the molecule is C[C@@]1(Cc2ccc(Br)cc2)C(O)N(c2cc(Cl)cc(Cl)c2)c2ncc(I)n21. The topological polar surface area (TPSA) is 41.3 Å². The minimum absolute atomic E-state index is 0.513. The van der Waals surface area contributed by atoms with Crippen molar-refractivity contribution in [3.63, 3.8) is 0 Å². The third kappa shape index (κ3) is 3.40. The highest BCUT2D eigenvalue weighted by Crippen LogP contribution is 2.46. The molecule has 140 valence electrons. The molecule has 0 fully saturated rings. The van der Waals surface area contributed by atoms with E-state index in [1.807, 2.05) is 19.1 Å². The number of imidazole rings is 1. The third-order valence-electron chi connectivity index (χ3n) is 4.83. The molecular weight excluding hydrogens is 564 g/mol. The lowest BCUT2D eigenvalue weighted by atomic mass is 9.91. The van der Waals surface area contributed by atoms with Gasteiger partial charge in [-0.2, -0.15) is 0 Å². The summed E-state index contributed by atoms with van der Waals surface area (Å²) in [6, 6.07) is 13.4. The van der Waals surface area contributed by atoms with Crippen LogP contribution >= 0.6 is 61.7 Å². The maximum Gasteiger partial charge on any atom is 0.213 e. The summed E-state index contributed by atoms with van der Waals surface area (Å²) in [6.07, 6.45) is 1.62. The van der Waals surface area contributed by atoms with Crippen molar-refractivity contribution in [3.8, 4) is 0 Å². The van der Waals surface area contributed by atoms with Gasteiger partial charge in [-0.05, 0) is 65.4 Å². The van der Waals surface area contributed by atoms with Crippen molar-refractivity contribution in [3.05, 3.63) is 72.4 Å². The zero-order valence-corrected chi connectivity index (χ0v) is 19.5. The molecule has 2 atom stereocenters. The number of nitrogens with zero attached hydrogens (tertiary/aromatic N) is 3. The molecule has 2 aromatic carbocycles. The maximum absolute atomic E-state index is 11.4. The first-order valence-electron chi connectivity index (χ1n) is 8.21. The van der Waals surface area contributed by atoms with Crippen LogP contribution in [0.25, 0.3) is 0 Å². The van der Waals surface area contributed by atoms with Crippen molar-refractivity contribution in [1.82, 2.24) is 9.55 Å². The fourth-order valence-corrected chi connectivity index (χ4v) is 5.27. The Balaban J connectivity index is 1.82. The van der Waals surface area contributed by atoms with Crippen LogP contribution in [-0.2, 0) is 12.0 Å². The zero-order chi connectivity index (χ0) is 19.3. The van der Waals surface area contributed by atoms with Gasteiger partial charge in [0.1, 0.15) is 3.70 Å². The summed E-state index contributed by atoms with van der Waals surface area (Å²) in [7, 11) is 0. The highest BCUT2D eigenvalue weighted by Gasteiger charge is 2.49. The quantitative estimate of drug-likeness (QED) is 0.389. The molecular formula is C19H15BrCl2IN3O. The minimum Gasteiger partial charge on any atom is -0.371 e. The van der Waals surface area contributed by atoms with E-state index in [9.17, 15) is 5.11 Å². The number of aromatic nitrogens is 2. The van der Waals surface area contributed by atoms with E-state index in [0.717, 1.165) is 13.7 Å². The number of aliphatic hydroxyl groups is 1. The van der Waals surface area contributed by atoms with Gasteiger partial charge in [-0.1, -0.05) is 51.3 Å². The number of hydrogen-bond donors (Lipinski definition) is 1. The largest absolute Gasteiger partial charge is 0.371 e. The molecule has 1 unspecified atom stereocenters. The van der Waals surface area contributed by atoms with Gasteiger partial charge in [-0.3, -0.25) is 9.47 Å². The van der Waals surface area contributed by atoms with Crippen LogP contribution in [0.3, 0.4) is 0 Å². The van der Waals surface area contributed by atoms with E-state index < -0.39 is 11.8 Å². The predicted octanol–water partition coefficient (Wildman–Crippen LogP) is 5.99. The molecule has 0 radical (unpaired) electrons. The second kappa shape index (κ2) is 7.22. The van der Waals surface area contributed by atoms with Gasteiger partial charge in [0.05, 0.1) is 11.7 Å². The molecule has 0 aliphatic carbocycles. The average molecular weight is 579 g/mol. The highest BCUT2D eigenvalue weighted by atomic mass is 127. The first-order valence-corrected chi connectivity index (χ1v) is 10.8. The molecule has 1 aromatic heterocycles. The first kappa shape index (κ1) is 19.5. The van der Waals surface area contributed by atoms with Gasteiger partial charge in [-0.25, -0.2) is 4.98 Å². The monoisotopic (exact) mass is 577 g/mol. The maximum atomic E-state index is 11.4. The normalized spacial score (nSPS) is 21.6. The lowest BCUT2D eigenvalue weighted by Gasteiger charge is -2.33. The number of fused-ring (bicyclic) bond motifs is 1. The Morgan fingerprint density at radius 1 is 1.19 bits per heavy atom. The summed E-state index contributed by atoms with van der Waals surface area (Å²) in [5.41, 5.74) is 1.23. The van der Waals surface area contributed by atoms with Crippen molar-refractivity contribution >= 4 is 73.4 Å². The van der Waals surface area contributed by atoms with Crippen LogP contribution in [0, 0.1) is 3.70 Å². The van der Waals surface area contributed by atoms with E-state index in [0.29, 0.717) is 28.1 Å².